The number of rotatable bonds is 14. The number of hydrogen-bond donors (Lipinski definition) is 1. The summed E-state index contributed by atoms with van der Waals surface area (Å²) in [7, 11) is -5.53. The summed E-state index contributed by atoms with van der Waals surface area (Å²) in [4.78, 5) is -2.09. The first-order valence-corrected chi connectivity index (χ1v) is 19.0. The van der Waals surface area contributed by atoms with Crippen LogP contribution >= 0.6 is 0 Å². The minimum atomic E-state index is -5.53. The normalized spacial score (nSPS) is 30.6. The van der Waals surface area contributed by atoms with Gasteiger partial charge in [-0.2, -0.15) is 17.2 Å². The van der Waals surface area contributed by atoms with Crippen LogP contribution < -0.4 is 4.74 Å². The van der Waals surface area contributed by atoms with E-state index in [1.807, 2.05) is 6.92 Å². The van der Waals surface area contributed by atoms with Gasteiger partial charge >= 0.3 is 10.1 Å². The van der Waals surface area contributed by atoms with E-state index in [-0.39, 0.29) is 18.1 Å². The molecule has 0 bridgehead atoms. The quantitative estimate of drug-likeness (QED) is 0.0919. The van der Waals surface area contributed by atoms with Gasteiger partial charge < -0.3 is 9.47 Å². The second-order valence-corrected chi connectivity index (χ2v) is 17.2. The molecule has 1 aromatic carbocycles. The molecule has 4 rings (SSSR count). The number of benzene rings is 1. The molecule has 10 heteroatoms. The molecule has 0 radical (unpaired) electrons. The van der Waals surface area contributed by atoms with Gasteiger partial charge in [0.15, 0.2) is 22.3 Å². The monoisotopic (exact) mass is 676 g/mol. The lowest BCUT2D eigenvalue weighted by Crippen LogP contribution is -2.51. The Kier molecular flexibility index (Phi) is 11.9. The molecule has 1 N–H and O–H groups in total. The highest BCUT2D eigenvalue weighted by atomic mass is 32.2. The molecule has 264 valence electrons. The summed E-state index contributed by atoms with van der Waals surface area (Å²) in [5.74, 6) is -4.89. The van der Waals surface area contributed by atoms with E-state index in [1.165, 1.54) is 51.4 Å². The number of hydrogen-bond acceptors (Lipinski definition) is 4. The predicted molar refractivity (Wildman–Crippen MR) is 171 cm³/mol. The lowest BCUT2D eigenvalue weighted by molar-refractivity contribution is -0.105. The molecule has 5 nitrogen and oxygen atoms in total. The zero-order valence-electron chi connectivity index (χ0n) is 28.8. The number of ether oxygens (including phenoxy) is 2. The van der Waals surface area contributed by atoms with Crippen LogP contribution in [-0.2, 0) is 14.9 Å². The lowest BCUT2D eigenvalue weighted by atomic mass is 9.46. The zero-order valence-corrected chi connectivity index (χ0v) is 29.6. The average molecular weight is 677 g/mol. The van der Waals surface area contributed by atoms with Crippen LogP contribution in [0.4, 0.5) is 17.6 Å². The van der Waals surface area contributed by atoms with Crippen molar-refractivity contribution < 1.29 is 40.0 Å². The van der Waals surface area contributed by atoms with Crippen LogP contribution in [0.1, 0.15) is 119 Å². The van der Waals surface area contributed by atoms with Crippen LogP contribution in [0.2, 0.25) is 0 Å². The van der Waals surface area contributed by atoms with Crippen molar-refractivity contribution in [2.45, 2.75) is 130 Å². The highest BCUT2D eigenvalue weighted by molar-refractivity contribution is 7.85. The average Bonchev–Trinajstić information content (AvgIpc) is 3.32. The highest BCUT2D eigenvalue weighted by Crippen LogP contribution is 2.67. The van der Waals surface area contributed by atoms with Gasteiger partial charge in [-0.25, -0.2) is 8.78 Å². The third kappa shape index (κ3) is 7.44. The third-order valence-corrected chi connectivity index (χ3v) is 13.5. The van der Waals surface area contributed by atoms with Gasteiger partial charge in [-0.1, -0.05) is 67.7 Å². The van der Waals surface area contributed by atoms with Crippen molar-refractivity contribution in [3.8, 4) is 5.75 Å². The molecular formula is C36H56F4O5S. The molecule has 0 heterocycles. The lowest BCUT2D eigenvalue weighted by Gasteiger charge is -2.59. The Morgan fingerprint density at radius 1 is 0.870 bits per heavy atom. The van der Waals surface area contributed by atoms with Crippen LogP contribution in [0.5, 0.6) is 5.75 Å². The Bertz CT molecular complexity index is 1290. The summed E-state index contributed by atoms with van der Waals surface area (Å²) in [5, 5.41) is 0. The molecule has 1 aromatic rings. The van der Waals surface area contributed by atoms with Crippen molar-refractivity contribution in [2.24, 2.45) is 52.3 Å². The first kappa shape index (κ1) is 37.4. The smallest absolute Gasteiger partial charge is 0.300 e. The fraction of sp³-hybridized carbons (Fsp3) is 0.833. The van der Waals surface area contributed by atoms with E-state index in [1.54, 1.807) is 0 Å². The van der Waals surface area contributed by atoms with E-state index in [9.17, 15) is 26.0 Å². The third-order valence-electron chi connectivity index (χ3n) is 12.6. The van der Waals surface area contributed by atoms with Crippen LogP contribution in [0, 0.1) is 75.5 Å². The van der Waals surface area contributed by atoms with Gasteiger partial charge in [-0.05, 0) is 104 Å². The van der Waals surface area contributed by atoms with Crippen LogP contribution in [0.3, 0.4) is 0 Å². The standard InChI is InChI=1S/C36H56F4O5S/c1-8-24(44-18-19-45-33-29(37)31(39)34(46(41,42)43)32(40)30(33)38)20-23-12-13-25-27(35(23,5)6)16-17-36(7)26(14-15-28(25)36)22(4)11-9-10-21(2)3/h21-28H,8-20H2,1-7H3,(H,41,42,43). The number of fused-ring (bicyclic) bond motifs is 3. The fourth-order valence-corrected chi connectivity index (χ4v) is 10.7. The second-order valence-electron chi connectivity index (χ2n) is 15.9. The largest absolute Gasteiger partial charge is 0.485 e. The molecule has 3 aliphatic rings. The fourth-order valence-electron chi connectivity index (χ4n) is 10.1. The molecule has 8 atom stereocenters. The van der Waals surface area contributed by atoms with E-state index in [4.69, 9.17) is 14.0 Å². The first-order chi connectivity index (χ1) is 21.4. The van der Waals surface area contributed by atoms with Gasteiger partial charge in [0.2, 0.25) is 11.6 Å². The van der Waals surface area contributed by atoms with Crippen molar-refractivity contribution in [1.29, 1.82) is 0 Å². The Hall–Kier alpha value is -1.39. The van der Waals surface area contributed by atoms with Crippen molar-refractivity contribution in [1.82, 2.24) is 0 Å². The van der Waals surface area contributed by atoms with Gasteiger partial charge in [0.05, 0.1) is 12.7 Å². The molecular weight excluding hydrogens is 620 g/mol. The van der Waals surface area contributed by atoms with Crippen LogP contribution in [-0.4, -0.2) is 32.3 Å². The summed E-state index contributed by atoms with van der Waals surface area (Å²) < 4.78 is 99.2. The van der Waals surface area contributed by atoms with Crippen molar-refractivity contribution in [2.75, 3.05) is 13.2 Å². The molecule has 3 aliphatic carbocycles. The van der Waals surface area contributed by atoms with Gasteiger partial charge in [0, 0.05) is 0 Å². The van der Waals surface area contributed by atoms with Crippen molar-refractivity contribution in [3.63, 3.8) is 0 Å². The molecule has 46 heavy (non-hydrogen) atoms. The summed E-state index contributed by atoms with van der Waals surface area (Å²) in [6, 6.07) is 0. The van der Waals surface area contributed by atoms with E-state index >= 15 is 0 Å². The summed E-state index contributed by atoms with van der Waals surface area (Å²) in [6.45, 7) is 16.2. The molecule has 3 fully saturated rings. The molecule has 8 unspecified atom stereocenters. The van der Waals surface area contributed by atoms with E-state index in [0.29, 0.717) is 17.3 Å². The van der Waals surface area contributed by atoms with E-state index in [2.05, 4.69) is 41.5 Å². The molecule has 0 amide bonds. The summed E-state index contributed by atoms with van der Waals surface area (Å²) in [5.41, 5.74) is 0.586. The predicted octanol–water partition coefficient (Wildman–Crippen LogP) is 10.0. The molecule has 3 saturated carbocycles. The molecule has 0 saturated heterocycles. The van der Waals surface area contributed by atoms with Gasteiger partial charge in [0.25, 0.3) is 0 Å². The van der Waals surface area contributed by atoms with Crippen LogP contribution in [0.15, 0.2) is 4.90 Å². The summed E-state index contributed by atoms with van der Waals surface area (Å²) >= 11 is 0. The minimum Gasteiger partial charge on any atom is -0.485 e. The van der Waals surface area contributed by atoms with E-state index in [0.717, 1.165) is 48.9 Å². The topological polar surface area (TPSA) is 72.8 Å². The molecule has 0 aliphatic heterocycles. The van der Waals surface area contributed by atoms with E-state index < -0.39 is 50.6 Å². The molecule has 0 spiro atoms. The zero-order chi connectivity index (χ0) is 34.2. The Balaban J connectivity index is 1.34. The SMILES string of the molecule is CCC(CC1CCC2C(CCC3(C)C(C(C)CCCC(C)C)CCC23)C1(C)C)OCCOc1c(F)c(F)c(S(=O)(=O)O)c(F)c1F. The van der Waals surface area contributed by atoms with Gasteiger partial charge in [0.1, 0.15) is 6.61 Å². The Labute approximate surface area is 274 Å². The highest BCUT2D eigenvalue weighted by Gasteiger charge is 2.59. The second kappa shape index (κ2) is 14.6. The van der Waals surface area contributed by atoms with Crippen LogP contribution in [0.25, 0.3) is 0 Å². The maximum atomic E-state index is 14.3. The maximum Gasteiger partial charge on any atom is 0.300 e. The minimum absolute atomic E-state index is 0.0724. The maximum absolute atomic E-state index is 14.3. The number of halogens is 4. The first-order valence-electron chi connectivity index (χ1n) is 17.5. The Morgan fingerprint density at radius 2 is 1.52 bits per heavy atom. The van der Waals surface area contributed by atoms with Gasteiger partial charge in [-0.3, -0.25) is 4.55 Å². The van der Waals surface area contributed by atoms with Crippen molar-refractivity contribution in [3.05, 3.63) is 23.3 Å². The molecule has 0 aromatic heterocycles. The van der Waals surface area contributed by atoms with Crippen molar-refractivity contribution >= 4 is 10.1 Å². The summed E-state index contributed by atoms with van der Waals surface area (Å²) in [6.07, 6.45) is 13.1. The van der Waals surface area contributed by atoms with Gasteiger partial charge in [-0.15, -0.1) is 0 Å². The Morgan fingerprint density at radius 3 is 2.11 bits per heavy atom.